The number of benzene rings is 6. The minimum atomic E-state index is 0. The van der Waals surface area contributed by atoms with Gasteiger partial charge in [-0.3, -0.25) is 0 Å². The number of aromatic amines is 2. The van der Waals surface area contributed by atoms with Crippen LogP contribution in [0.1, 0.15) is 22.8 Å². The van der Waals surface area contributed by atoms with Gasteiger partial charge in [0.2, 0.25) is 0 Å². The van der Waals surface area contributed by atoms with Crippen molar-refractivity contribution in [1.29, 1.82) is 0 Å². The summed E-state index contributed by atoms with van der Waals surface area (Å²) in [5, 5.41) is 10.3. The summed E-state index contributed by atoms with van der Waals surface area (Å²) >= 11 is 0. The Labute approximate surface area is 241 Å². The molecule has 0 aliphatic heterocycles. The molecule has 0 amide bonds. The standard InChI is InChI=1S/2C16H12N2.2BrH/c2*1-9-7-11-3-5-13-16-14(18-10(2)17-13)6-4-12(8-9)15(11)16;;/h2*3-8H,1-2H3;2*1H. The summed E-state index contributed by atoms with van der Waals surface area (Å²) < 4.78 is 0. The van der Waals surface area contributed by atoms with Crippen molar-refractivity contribution in [2.24, 2.45) is 0 Å². The summed E-state index contributed by atoms with van der Waals surface area (Å²) in [6.07, 6.45) is 0. The number of nitrogens with zero attached hydrogens (tertiary/aromatic N) is 2. The van der Waals surface area contributed by atoms with Gasteiger partial charge in [0.25, 0.3) is 11.6 Å². The van der Waals surface area contributed by atoms with Crippen LogP contribution in [0.25, 0.3) is 65.2 Å². The van der Waals surface area contributed by atoms with Crippen molar-refractivity contribution in [3.05, 3.63) is 95.6 Å². The third-order valence-corrected chi connectivity index (χ3v) is 7.15. The lowest BCUT2D eigenvalue weighted by molar-refractivity contribution is -0.360. The van der Waals surface area contributed by atoms with Crippen LogP contribution in [0.5, 0.6) is 0 Å². The van der Waals surface area contributed by atoms with Gasteiger partial charge in [-0.2, -0.15) is 0 Å². The third kappa shape index (κ3) is 4.12. The van der Waals surface area contributed by atoms with Crippen LogP contribution in [-0.2, 0) is 0 Å². The Morgan fingerprint density at radius 3 is 1.16 bits per heavy atom. The van der Waals surface area contributed by atoms with Crippen LogP contribution < -0.4 is 43.9 Å². The second-order valence-corrected chi connectivity index (χ2v) is 9.96. The molecular weight excluding hydrogens is 600 g/mol. The smallest absolute Gasteiger partial charge is 0.294 e. The SMILES string of the molecule is Cc1cc2ccc3nc(C)[nH+]c4ccc(c1)c2c34.Cc1cc2ccc3nc(C)[nH+]c4ccc(c1)c2c34.[Br-].[Br-]. The van der Waals surface area contributed by atoms with E-state index in [1.54, 1.807) is 0 Å². The van der Waals surface area contributed by atoms with Gasteiger partial charge in [-0.05, 0) is 92.9 Å². The molecule has 2 N–H and O–H groups in total. The zero-order chi connectivity index (χ0) is 24.6. The lowest BCUT2D eigenvalue weighted by Gasteiger charge is -2.07. The summed E-state index contributed by atoms with van der Waals surface area (Å²) in [5.74, 6) is 1.91. The largest absolute Gasteiger partial charge is 1.00 e. The maximum absolute atomic E-state index is 4.59. The van der Waals surface area contributed by atoms with E-state index in [2.05, 4.69) is 107 Å². The molecule has 0 unspecified atom stereocenters. The molecule has 0 bridgehead atoms. The molecule has 2 aromatic heterocycles. The van der Waals surface area contributed by atoms with Crippen molar-refractivity contribution in [3.63, 3.8) is 0 Å². The van der Waals surface area contributed by atoms with Gasteiger partial charge in [0, 0.05) is 24.6 Å². The average molecular weight is 626 g/mol. The van der Waals surface area contributed by atoms with Crippen molar-refractivity contribution in [2.75, 3.05) is 0 Å². The van der Waals surface area contributed by atoms with Crippen molar-refractivity contribution in [3.8, 4) is 0 Å². The summed E-state index contributed by atoms with van der Waals surface area (Å²) in [6.45, 7) is 8.28. The fraction of sp³-hybridized carbons (Fsp3) is 0.125. The van der Waals surface area contributed by atoms with Gasteiger partial charge in [0.15, 0.2) is 11.0 Å². The van der Waals surface area contributed by atoms with Crippen LogP contribution in [0.3, 0.4) is 0 Å². The highest BCUT2D eigenvalue weighted by Gasteiger charge is 2.16. The summed E-state index contributed by atoms with van der Waals surface area (Å²) in [6, 6.07) is 26.2. The van der Waals surface area contributed by atoms with E-state index in [-0.39, 0.29) is 34.0 Å². The second kappa shape index (κ2) is 9.68. The van der Waals surface area contributed by atoms with E-state index < -0.39 is 0 Å². The highest BCUT2D eigenvalue weighted by Crippen LogP contribution is 2.34. The molecule has 8 rings (SSSR count). The third-order valence-electron chi connectivity index (χ3n) is 7.15. The zero-order valence-corrected chi connectivity index (χ0v) is 24.8. The Balaban J connectivity index is 0.000000147. The highest BCUT2D eigenvalue weighted by molar-refractivity contribution is 6.21. The molecule has 8 aromatic rings. The Kier molecular flexibility index (Phi) is 6.66. The van der Waals surface area contributed by atoms with E-state index in [4.69, 9.17) is 0 Å². The minimum Gasteiger partial charge on any atom is -1.00 e. The number of rotatable bonds is 0. The molecule has 0 fully saturated rings. The molecule has 0 aliphatic rings. The molecule has 4 nitrogen and oxygen atoms in total. The number of H-pyrrole nitrogens is 2. The molecule has 38 heavy (non-hydrogen) atoms. The van der Waals surface area contributed by atoms with Gasteiger partial charge in [-0.25, -0.2) is 9.97 Å². The molecule has 0 saturated carbocycles. The van der Waals surface area contributed by atoms with Gasteiger partial charge in [0.1, 0.15) is 11.0 Å². The Morgan fingerprint density at radius 1 is 0.447 bits per heavy atom. The van der Waals surface area contributed by atoms with Crippen molar-refractivity contribution >= 4 is 65.2 Å². The molecule has 0 aliphatic carbocycles. The molecule has 2 heterocycles. The molecule has 6 aromatic carbocycles. The summed E-state index contributed by atoms with van der Waals surface area (Å²) in [5.41, 5.74) is 7.08. The maximum Gasteiger partial charge on any atom is 0.294 e. The van der Waals surface area contributed by atoms with E-state index in [1.807, 2.05) is 13.8 Å². The maximum atomic E-state index is 4.59. The van der Waals surface area contributed by atoms with E-state index in [9.17, 15) is 0 Å². The van der Waals surface area contributed by atoms with E-state index >= 15 is 0 Å². The molecular formula is C32H26Br2N4. The number of hydrogen-bond acceptors (Lipinski definition) is 2. The molecule has 188 valence electrons. The Bertz CT molecular complexity index is 1670. The number of aromatic nitrogens is 4. The lowest BCUT2D eigenvalue weighted by Crippen LogP contribution is -3.00. The quantitative estimate of drug-likeness (QED) is 0.235. The van der Waals surface area contributed by atoms with Crippen LogP contribution in [0.2, 0.25) is 0 Å². The first-order chi connectivity index (χ1) is 17.4. The average Bonchev–Trinajstić information content (AvgIpc) is 2.85. The van der Waals surface area contributed by atoms with E-state index in [0.29, 0.717) is 0 Å². The lowest BCUT2D eigenvalue weighted by atomic mass is 9.97. The Hall–Kier alpha value is -3.48. The van der Waals surface area contributed by atoms with Crippen LogP contribution in [0, 0.1) is 27.7 Å². The molecule has 0 atom stereocenters. The van der Waals surface area contributed by atoms with Crippen molar-refractivity contribution in [1.82, 2.24) is 9.97 Å². The first-order valence-electron chi connectivity index (χ1n) is 12.3. The summed E-state index contributed by atoms with van der Waals surface area (Å²) in [4.78, 5) is 15.9. The van der Waals surface area contributed by atoms with Crippen LogP contribution in [-0.4, -0.2) is 9.97 Å². The normalized spacial score (nSPS) is 11.3. The number of aryl methyl sites for hydroxylation is 4. The van der Waals surface area contributed by atoms with Gasteiger partial charge in [-0.15, -0.1) is 0 Å². The van der Waals surface area contributed by atoms with E-state index in [0.717, 1.165) is 22.7 Å². The van der Waals surface area contributed by atoms with Gasteiger partial charge in [0.05, 0.1) is 10.8 Å². The van der Waals surface area contributed by atoms with Gasteiger partial charge in [-0.1, -0.05) is 36.4 Å². The van der Waals surface area contributed by atoms with Crippen molar-refractivity contribution < 1.29 is 43.9 Å². The predicted octanol–water partition coefficient (Wildman–Crippen LogP) is 0.828. The first-order valence-corrected chi connectivity index (χ1v) is 12.3. The number of hydrogen-bond donors (Lipinski definition) is 0. The van der Waals surface area contributed by atoms with Gasteiger partial charge < -0.3 is 34.0 Å². The summed E-state index contributed by atoms with van der Waals surface area (Å²) in [7, 11) is 0. The van der Waals surface area contributed by atoms with E-state index in [1.165, 1.54) is 65.3 Å². The first kappa shape index (κ1) is 26.1. The second-order valence-electron chi connectivity index (χ2n) is 9.96. The molecule has 0 spiro atoms. The highest BCUT2D eigenvalue weighted by atomic mass is 79.9. The molecule has 0 saturated heterocycles. The molecule has 6 heteroatoms. The zero-order valence-electron chi connectivity index (χ0n) is 21.6. The predicted molar refractivity (Wildman–Crippen MR) is 148 cm³/mol. The van der Waals surface area contributed by atoms with Crippen LogP contribution in [0.15, 0.2) is 72.8 Å². The van der Waals surface area contributed by atoms with Crippen molar-refractivity contribution in [2.45, 2.75) is 27.7 Å². The molecule has 0 radical (unpaired) electrons. The van der Waals surface area contributed by atoms with Gasteiger partial charge >= 0.3 is 0 Å². The fourth-order valence-corrected chi connectivity index (χ4v) is 5.81. The van der Waals surface area contributed by atoms with Crippen LogP contribution >= 0.6 is 0 Å². The fourth-order valence-electron chi connectivity index (χ4n) is 5.81. The number of halogens is 2. The minimum absolute atomic E-state index is 0. The number of nitrogens with one attached hydrogen (secondary N) is 2. The Morgan fingerprint density at radius 2 is 0.789 bits per heavy atom. The topological polar surface area (TPSA) is 54.1 Å². The van der Waals surface area contributed by atoms with Crippen LogP contribution in [0.4, 0.5) is 0 Å². The monoisotopic (exact) mass is 624 g/mol.